The van der Waals surface area contributed by atoms with Crippen molar-refractivity contribution in [3.8, 4) is 11.5 Å². The third kappa shape index (κ3) is 2.55. The molecule has 2 saturated heterocycles. The average molecular weight is 429 g/mol. The summed E-state index contributed by atoms with van der Waals surface area (Å²) < 4.78 is 16.5. The minimum Gasteiger partial charge on any atom is -0.380 e. The summed E-state index contributed by atoms with van der Waals surface area (Å²) in [5.41, 5.74) is 2.22. The van der Waals surface area contributed by atoms with Gasteiger partial charge in [-0.05, 0) is 37.9 Å². The van der Waals surface area contributed by atoms with Crippen LogP contribution in [-0.2, 0) is 37.5 Å². The molecule has 1 aliphatic carbocycles. The number of carbonyl (C=O) groups is 1. The normalized spacial score (nSPS) is 30.6. The van der Waals surface area contributed by atoms with Crippen LogP contribution in [-0.4, -0.2) is 46.5 Å². The van der Waals surface area contributed by atoms with Crippen LogP contribution in [0.2, 0.25) is 0 Å². The smallest absolute Gasteiger partial charge is 0.257 e. The molecule has 4 aliphatic rings. The van der Waals surface area contributed by atoms with Gasteiger partial charge in [0.15, 0.2) is 23.1 Å². The van der Waals surface area contributed by atoms with E-state index in [1.165, 1.54) is 0 Å². The highest BCUT2D eigenvalue weighted by Crippen LogP contribution is 2.51. The van der Waals surface area contributed by atoms with E-state index >= 15 is 0 Å². The molecule has 0 amide bonds. The van der Waals surface area contributed by atoms with Crippen LogP contribution in [0.5, 0.6) is 0 Å². The first-order valence-corrected chi connectivity index (χ1v) is 11.6. The van der Waals surface area contributed by atoms with Gasteiger partial charge < -0.3 is 19.0 Å². The molecule has 0 unspecified atom stereocenters. The van der Waals surface area contributed by atoms with Crippen LogP contribution in [0.15, 0.2) is 9.32 Å². The van der Waals surface area contributed by atoms with E-state index < -0.39 is 4.75 Å². The van der Waals surface area contributed by atoms with Crippen molar-refractivity contribution >= 4 is 17.5 Å². The maximum atomic E-state index is 12.9. The molecule has 2 spiro atoms. The van der Waals surface area contributed by atoms with E-state index in [1.54, 1.807) is 11.8 Å². The Kier molecular flexibility index (Phi) is 4.23. The number of Topliss-reactive ketones (excluding diaryl/α,β-unsaturated/α-hetero) is 1. The highest BCUT2D eigenvalue weighted by atomic mass is 32.2. The van der Waals surface area contributed by atoms with Crippen molar-refractivity contribution in [3.63, 3.8) is 0 Å². The SMILES string of the molecule is O=C1CCCS[C@@]12CCCc1c(-c3nc4c(c(=O)[nH]3)COC[C@]43CCOC3)noc12. The topological polar surface area (TPSA) is 107 Å². The van der Waals surface area contributed by atoms with Crippen LogP contribution in [0.3, 0.4) is 0 Å². The van der Waals surface area contributed by atoms with E-state index in [0.29, 0.717) is 49.1 Å². The van der Waals surface area contributed by atoms with E-state index in [-0.39, 0.29) is 23.4 Å². The molecule has 9 heteroatoms. The van der Waals surface area contributed by atoms with Crippen molar-refractivity contribution in [3.05, 3.63) is 32.9 Å². The van der Waals surface area contributed by atoms with Crippen molar-refractivity contribution in [1.82, 2.24) is 15.1 Å². The average Bonchev–Trinajstić information content (AvgIpc) is 3.40. The Balaban J connectivity index is 1.49. The third-order valence-corrected chi connectivity index (χ3v) is 8.53. The van der Waals surface area contributed by atoms with E-state index in [1.807, 2.05) is 0 Å². The fourth-order valence-electron chi connectivity index (χ4n) is 5.34. The zero-order valence-electron chi connectivity index (χ0n) is 16.6. The Hall–Kier alpha value is -1.97. The van der Waals surface area contributed by atoms with Crippen molar-refractivity contribution in [2.24, 2.45) is 0 Å². The van der Waals surface area contributed by atoms with Gasteiger partial charge in [0.05, 0.1) is 36.5 Å². The second-order valence-corrected chi connectivity index (χ2v) is 10.1. The molecule has 2 aromatic rings. The Morgan fingerprint density at radius 2 is 1.93 bits per heavy atom. The van der Waals surface area contributed by atoms with E-state index in [9.17, 15) is 9.59 Å². The van der Waals surface area contributed by atoms with Gasteiger partial charge in [-0.1, -0.05) is 5.16 Å². The lowest BCUT2D eigenvalue weighted by Crippen LogP contribution is -2.41. The Morgan fingerprint density at radius 1 is 1.03 bits per heavy atom. The van der Waals surface area contributed by atoms with E-state index in [0.717, 1.165) is 49.1 Å². The van der Waals surface area contributed by atoms with Crippen LogP contribution in [0.4, 0.5) is 0 Å². The molecule has 0 aromatic carbocycles. The Bertz CT molecular complexity index is 1090. The number of nitrogens with one attached hydrogen (secondary N) is 1. The standard InChI is InChI=1S/C21H23N3O5S/c25-14-4-2-8-30-21(14)5-1-3-12-15(24-29-17(12)21)18-22-16-13(19(26)23-18)9-28-11-20(16)6-7-27-10-20/h1-11H2,(H,22,23,26)/t20-,21+/m1/s1. The maximum absolute atomic E-state index is 12.9. The lowest BCUT2D eigenvalue weighted by atomic mass is 9.80. The molecule has 2 atom stereocenters. The van der Waals surface area contributed by atoms with Crippen LogP contribution >= 0.6 is 11.8 Å². The Labute approximate surface area is 177 Å². The first kappa shape index (κ1) is 18.8. The van der Waals surface area contributed by atoms with Crippen LogP contribution in [0.1, 0.15) is 54.7 Å². The predicted molar refractivity (Wildman–Crippen MR) is 108 cm³/mol. The zero-order chi connectivity index (χ0) is 20.3. The quantitative estimate of drug-likeness (QED) is 0.735. The minimum atomic E-state index is -0.625. The highest BCUT2D eigenvalue weighted by molar-refractivity contribution is 8.01. The monoisotopic (exact) mass is 429 g/mol. The number of ketones is 1. The Morgan fingerprint density at radius 3 is 2.77 bits per heavy atom. The number of hydrogen-bond donors (Lipinski definition) is 1. The number of hydrogen-bond acceptors (Lipinski definition) is 8. The van der Waals surface area contributed by atoms with Gasteiger partial charge in [-0.25, -0.2) is 4.98 Å². The first-order valence-electron chi connectivity index (χ1n) is 10.6. The molecule has 0 radical (unpaired) electrons. The molecule has 6 rings (SSSR count). The summed E-state index contributed by atoms with van der Waals surface area (Å²) in [6, 6.07) is 0. The molecule has 8 nitrogen and oxygen atoms in total. The molecule has 5 heterocycles. The highest BCUT2D eigenvalue weighted by Gasteiger charge is 2.50. The maximum Gasteiger partial charge on any atom is 0.257 e. The summed E-state index contributed by atoms with van der Waals surface area (Å²) in [6.07, 6.45) is 4.71. The fourth-order valence-corrected chi connectivity index (χ4v) is 6.83. The van der Waals surface area contributed by atoms with E-state index in [4.69, 9.17) is 19.0 Å². The number of aromatic nitrogens is 3. The van der Waals surface area contributed by atoms with E-state index in [2.05, 4.69) is 10.1 Å². The molecule has 2 aromatic heterocycles. The van der Waals surface area contributed by atoms with Gasteiger partial charge >= 0.3 is 0 Å². The summed E-state index contributed by atoms with van der Waals surface area (Å²) in [5, 5.41) is 4.32. The summed E-state index contributed by atoms with van der Waals surface area (Å²) in [6.45, 7) is 1.89. The van der Waals surface area contributed by atoms with Gasteiger partial charge in [0.2, 0.25) is 0 Å². The summed E-state index contributed by atoms with van der Waals surface area (Å²) in [4.78, 5) is 33.6. The predicted octanol–water partition coefficient (Wildman–Crippen LogP) is 2.24. The van der Waals surface area contributed by atoms with Gasteiger partial charge in [-0.2, -0.15) is 0 Å². The molecule has 30 heavy (non-hydrogen) atoms. The number of thioether (sulfide) groups is 1. The van der Waals surface area contributed by atoms with Gasteiger partial charge in [-0.15, -0.1) is 11.8 Å². The number of rotatable bonds is 1. The van der Waals surface area contributed by atoms with Gasteiger partial charge in [0.1, 0.15) is 4.75 Å². The summed E-state index contributed by atoms with van der Waals surface area (Å²) in [7, 11) is 0. The number of nitrogens with zero attached hydrogens (tertiary/aromatic N) is 2. The zero-order valence-corrected chi connectivity index (χ0v) is 17.4. The lowest BCUT2D eigenvalue weighted by molar-refractivity contribution is -0.122. The molecule has 0 saturated carbocycles. The molecular weight excluding hydrogens is 406 g/mol. The van der Waals surface area contributed by atoms with Crippen LogP contribution in [0.25, 0.3) is 11.5 Å². The first-order chi connectivity index (χ1) is 14.6. The minimum absolute atomic E-state index is 0.202. The summed E-state index contributed by atoms with van der Waals surface area (Å²) >= 11 is 1.68. The molecule has 0 bridgehead atoms. The molecule has 2 fully saturated rings. The number of H-pyrrole nitrogens is 1. The van der Waals surface area contributed by atoms with Crippen LogP contribution in [0, 0.1) is 0 Å². The van der Waals surface area contributed by atoms with Crippen LogP contribution < -0.4 is 5.56 Å². The lowest BCUT2D eigenvalue weighted by Gasteiger charge is -2.36. The molecular formula is C21H23N3O5S. The number of carbonyl (C=O) groups excluding carboxylic acids is 1. The van der Waals surface area contributed by atoms with Gasteiger partial charge in [0, 0.05) is 18.6 Å². The summed E-state index contributed by atoms with van der Waals surface area (Å²) in [5.74, 6) is 2.26. The molecule has 158 valence electrons. The van der Waals surface area contributed by atoms with Gasteiger partial charge in [-0.3, -0.25) is 9.59 Å². The third-order valence-electron chi connectivity index (χ3n) is 6.93. The van der Waals surface area contributed by atoms with Crippen molar-refractivity contribution in [2.45, 2.75) is 55.3 Å². The number of ether oxygens (including phenoxy) is 2. The van der Waals surface area contributed by atoms with Crippen molar-refractivity contribution in [1.29, 1.82) is 0 Å². The fraction of sp³-hybridized carbons (Fsp3) is 0.619. The van der Waals surface area contributed by atoms with Crippen molar-refractivity contribution in [2.75, 3.05) is 25.6 Å². The number of fused-ring (bicyclic) bond motifs is 4. The second-order valence-electron chi connectivity index (χ2n) is 8.71. The molecule has 1 N–H and O–H groups in total. The van der Waals surface area contributed by atoms with Crippen molar-refractivity contribution < 1.29 is 18.8 Å². The van der Waals surface area contributed by atoms with Gasteiger partial charge in [0.25, 0.3) is 5.56 Å². The number of aromatic amines is 1. The largest absolute Gasteiger partial charge is 0.380 e. The second kappa shape index (κ2) is 6.77. The molecule has 3 aliphatic heterocycles.